The quantitative estimate of drug-likeness (QED) is 0.393. The van der Waals surface area contributed by atoms with Gasteiger partial charge in [-0.25, -0.2) is 0 Å². The standard InChI is InChI=1S/C22H22O10/c1-9-17(25)19(27)20(28)22(30-9)32-15-8-14-16(18(26)21(15)29-2)12(24)7-13(31-14)10-3-5-11(23)6-4-10/h3-9,17,19-20,22-23,25-28H,1-2H3. The summed E-state index contributed by atoms with van der Waals surface area (Å²) in [5.74, 6) is -0.638. The van der Waals surface area contributed by atoms with Crippen LogP contribution in [0, 0.1) is 0 Å². The number of hydrogen-bond donors (Lipinski definition) is 5. The minimum atomic E-state index is -1.60. The highest BCUT2D eigenvalue weighted by atomic mass is 16.7. The minimum Gasteiger partial charge on any atom is -0.508 e. The van der Waals surface area contributed by atoms with Crippen molar-refractivity contribution in [3.63, 3.8) is 0 Å². The molecule has 0 radical (unpaired) electrons. The number of phenolic OH excluding ortho intramolecular Hbond substituents is 2. The second kappa shape index (κ2) is 8.32. The predicted octanol–water partition coefficient (Wildman–Crippen LogP) is 1.09. The molecule has 10 heteroatoms. The average Bonchev–Trinajstić information content (AvgIpc) is 2.76. The van der Waals surface area contributed by atoms with E-state index in [0.29, 0.717) is 5.56 Å². The molecule has 5 unspecified atom stereocenters. The maximum atomic E-state index is 12.7. The van der Waals surface area contributed by atoms with Gasteiger partial charge in [-0.3, -0.25) is 4.79 Å². The first-order valence-electron chi connectivity index (χ1n) is 9.74. The predicted molar refractivity (Wildman–Crippen MR) is 111 cm³/mol. The summed E-state index contributed by atoms with van der Waals surface area (Å²) in [7, 11) is 1.25. The van der Waals surface area contributed by atoms with E-state index in [1.54, 1.807) is 12.1 Å². The van der Waals surface area contributed by atoms with Crippen molar-refractivity contribution in [3.05, 3.63) is 46.6 Å². The van der Waals surface area contributed by atoms with E-state index < -0.39 is 41.9 Å². The van der Waals surface area contributed by atoms with E-state index in [1.807, 2.05) is 0 Å². The molecule has 2 heterocycles. The number of aromatic hydroxyl groups is 2. The Bertz CT molecular complexity index is 1190. The third kappa shape index (κ3) is 3.73. The normalized spacial score (nSPS) is 25.6. The molecule has 1 aromatic heterocycles. The Balaban J connectivity index is 1.80. The van der Waals surface area contributed by atoms with Gasteiger partial charge in [0.15, 0.2) is 16.9 Å². The second-order valence-corrected chi connectivity index (χ2v) is 7.45. The SMILES string of the molecule is COc1c(OC2OC(C)C(O)C(O)C2O)cc2oc(-c3ccc(O)cc3)cc(=O)c2c1O. The summed E-state index contributed by atoms with van der Waals surface area (Å²) in [6.45, 7) is 1.49. The van der Waals surface area contributed by atoms with E-state index >= 15 is 0 Å². The third-order valence-electron chi connectivity index (χ3n) is 5.32. The van der Waals surface area contributed by atoms with E-state index in [1.165, 1.54) is 38.3 Å². The molecule has 1 saturated heterocycles. The molecular formula is C22H22O10. The Morgan fingerprint density at radius 1 is 0.969 bits per heavy atom. The van der Waals surface area contributed by atoms with Gasteiger partial charge in [-0.15, -0.1) is 0 Å². The molecule has 170 valence electrons. The highest BCUT2D eigenvalue weighted by molar-refractivity contribution is 5.89. The van der Waals surface area contributed by atoms with Crippen LogP contribution in [-0.2, 0) is 4.74 Å². The Hall–Kier alpha value is -3.31. The zero-order valence-electron chi connectivity index (χ0n) is 17.1. The second-order valence-electron chi connectivity index (χ2n) is 7.45. The van der Waals surface area contributed by atoms with Gasteiger partial charge in [-0.05, 0) is 31.2 Å². The van der Waals surface area contributed by atoms with Gasteiger partial charge in [-0.1, -0.05) is 0 Å². The maximum Gasteiger partial charge on any atom is 0.229 e. The summed E-state index contributed by atoms with van der Waals surface area (Å²) in [4.78, 5) is 12.7. The zero-order valence-corrected chi connectivity index (χ0v) is 17.1. The number of rotatable bonds is 4. The number of hydrogen-bond acceptors (Lipinski definition) is 10. The number of phenols is 2. The molecule has 0 aliphatic carbocycles. The van der Waals surface area contributed by atoms with E-state index in [9.17, 15) is 30.3 Å². The Labute approximate surface area is 181 Å². The van der Waals surface area contributed by atoms with Gasteiger partial charge >= 0.3 is 0 Å². The number of aliphatic hydroxyl groups excluding tert-OH is 3. The number of aliphatic hydroxyl groups is 3. The Morgan fingerprint density at radius 2 is 1.66 bits per heavy atom. The maximum absolute atomic E-state index is 12.7. The highest BCUT2D eigenvalue weighted by Gasteiger charge is 2.43. The lowest BCUT2D eigenvalue weighted by Crippen LogP contribution is -2.58. The monoisotopic (exact) mass is 446 g/mol. The Kier molecular flexibility index (Phi) is 5.70. The number of benzene rings is 2. The largest absolute Gasteiger partial charge is 0.508 e. The summed E-state index contributed by atoms with van der Waals surface area (Å²) in [5, 5.41) is 50.1. The molecule has 1 aliphatic rings. The van der Waals surface area contributed by atoms with Crippen molar-refractivity contribution in [3.8, 4) is 34.3 Å². The molecule has 1 fully saturated rings. The number of ether oxygens (including phenoxy) is 3. The van der Waals surface area contributed by atoms with Gasteiger partial charge in [0.1, 0.15) is 40.8 Å². The van der Waals surface area contributed by atoms with Crippen LogP contribution < -0.4 is 14.9 Å². The molecule has 2 aromatic carbocycles. The molecule has 4 rings (SSSR count). The van der Waals surface area contributed by atoms with E-state index in [-0.39, 0.29) is 34.0 Å². The van der Waals surface area contributed by atoms with Crippen molar-refractivity contribution >= 4 is 11.0 Å². The van der Waals surface area contributed by atoms with Gasteiger partial charge in [0.05, 0.1) is 13.2 Å². The van der Waals surface area contributed by atoms with Crippen LogP contribution in [0.4, 0.5) is 0 Å². The first kappa shape index (κ1) is 21.9. The molecule has 1 aliphatic heterocycles. The molecule has 0 saturated carbocycles. The van der Waals surface area contributed by atoms with Crippen LogP contribution in [0.2, 0.25) is 0 Å². The lowest BCUT2D eigenvalue weighted by atomic mass is 10.00. The van der Waals surface area contributed by atoms with Crippen molar-refractivity contribution in [1.82, 2.24) is 0 Å². The summed E-state index contributed by atoms with van der Waals surface area (Å²) in [5.41, 5.74) is -0.0675. The number of methoxy groups -OCH3 is 1. The van der Waals surface area contributed by atoms with Gasteiger partial charge in [0.2, 0.25) is 12.0 Å². The lowest BCUT2D eigenvalue weighted by molar-refractivity contribution is -0.268. The van der Waals surface area contributed by atoms with Crippen molar-refractivity contribution in [2.45, 2.75) is 37.6 Å². The fourth-order valence-corrected chi connectivity index (χ4v) is 3.55. The fourth-order valence-electron chi connectivity index (χ4n) is 3.55. The molecule has 0 bridgehead atoms. The van der Waals surface area contributed by atoms with Crippen LogP contribution in [0.5, 0.6) is 23.0 Å². The molecule has 5 atom stereocenters. The molecule has 0 amide bonds. The van der Waals surface area contributed by atoms with Crippen molar-refractivity contribution in [1.29, 1.82) is 0 Å². The Morgan fingerprint density at radius 3 is 2.31 bits per heavy atom. The summed E-state index contributed by atoms with van der Waals surface area (Å²) in [6, 6.07) is 8.46. The van der Waals surface area contributed by atoms with Crippen LogP contribution in [0.25, 0.3) is 22.3 Å². The van der Waals surface area contributed by atoms with Gasteiger partial charge in [0, 0.05) is 17.7 Å². The van der Waals surface area contributed by atoms with Crippen molar-refractivity contribution in [2.75, 3.05) is 7.11 Å². The molecule has 0 spiro atoms. The summed E-state index contributed by atoms with van der Waals surface area (Å²) in [6.07, 6.45) is -6.69. The molecule has 5 N–H and O–H groups in total. The van der Waals surface area contributed by atoms with E-state index in [2.05, 4.69) is 0 Å². The molecule has 32 heavy (non-hydrogen) atoms. The summed E-state index contributed by atoms with van der Waals surface area (Å²) < 4.78 is 22.1. The smallest absolute Gasteiger partial charge is 0.229 e. The van der Waals surface area contributed by atoms with Gasteiger partial charge in [0.25, 0.3) is 0 Å². The topological polar surface area (TPSA) is 159 Å². The zero-order chi connectivity index (χ0) is 23.2. The van der Waals surface area contributed by atoms with E-state index in [0.717, 1.165) is 0 Å². The van der Waals surface area contributed by atoms with Gasteiger partial charge < -0.3 is 44.2 Å². The van der Waals surface area contributed by atoms with Crippen LogP contribution in [0.1, 0.15) is 6.92 Å². The van der Waals surface area contributed by atoms with Gasteiger partial charge in [-0.2, -0.15) is 0 Å². The fraction of sp³-hybridized carbons (Fsp3) is 0.318. The van der Waals surface area contributed by atoms with Crippen molar-refractivity contribution < 1.29 is 44.2 Å². The average molecular weight is 446 g/mol. The van der Waals surface area contributed by atoms with Crippen molar-refractivity contribution in [2.24, 2.45) is 0 Å². The molecular weight excluding hydrogens is 424 g/mol. The lowest BCUT2D eigenvalue weighted by Gasteiger charge is -2.39. The highest BCUT2D eigenvalue weighted by Crippen LogP contribution is 2.43. The summed E-state index contributed by atoms with van der Waals surface area (Å²) >= 11 is 0. The molecule has 3 aromatic rings. The minimum absolute atomic E-state index is 0.0344. The van der Waals surface area contributed by atoms with Crippen LogP contribution in [0.3, 0.4) is 0 Å². The first-order chi connectivity index (χ1) is 15.2. The van der Waals surface area contributed by atoms with Crippen LogP contribution in [-0.4, -0.2) is 63.3 Å². The molecule has 10 nitrogen and oxygen atoms in total. The third-order valence-corrected chi connectivity index (χ3v) is 5.32. The van der Waals surface area contributed by atoms with E-state index in [4.69, 9.17) is 18.6 Å². The first-order valence-corrected chi connectivity index (χ1v) is 9.74. The van der Waals surface area contributed by atoms with Crippen LogP contribution in [0.15, 0.2) is 45.6 Å². The number of fused-ring (bicyclic) bond motifs is 1. The van der Waals surface area contributed by atoms with Crippen LogP contribution >= 0.6 is 0 Å².